The molecule has 0 saturated heterocycles. The molecule has 0 radical (unpaired) electrons. The number of nitrogens with two attached hydrogens (primary N) is 1. The second-order valence-electron chi connectivity index (χ2n) is 4.08. The van der Waals surface area contributed by atoms with E-state index in [1.807, 2.05) is 0 Å². The van der Waals surface area contributed by atoms with Gasteiger partial charge in [-0.25, -0.2) is 8.78 Å². The van der Waals surface area contributed by atoms with Gasteiger partial charge >= 0.3 is 0 Å². The number of ether oxygens (including phenoxy) is 1. The first kappa shape index (κ1) is 13.1. The maximum Gasteiger partial charge on any atom is 0.128 e. The molecular weight excluding hydrogens is 250 g/mol. The van der Waals surface area contributed by atoms with E-state index in [1.54, 1.807) is 18.2 Å². The van der Waals surface area contributed by atoms with Gasteiger partial charge in [0, 0.05) is 35.6 Å². The predicted octanol–water partition coefficient (Wildman–Crippen LogP) is 3.17. The van der Waals surface area contributed by atoms with Gasteiger partial charge in [0.2, 0.25) is 0 Å². The van der Waals surface area contributed by atoms with E-state index in [0.717, 1.165) is 18.2 Å². The number of hydrogen-bond donors (Lipinski definition) is 2. The zero-order valence-corrected chi connectivity index (χ0v) is 10.4. The molecule has 3 N–H and O–H groups in total. The van der Waals surface area contributed by atoms with Crippen molar-refractivity contribution < 1.29 is 13.5 Å². The van der Waals surface area contributed by atoms with Gasteiger partial charge in [-0.2, -0.15) is 0 Å². The molecule has 100 valence electrons. The normalized spacial score (nSPS) is 10.3. The lowest BCUT2D eigenvalue weighted by atomic mass is 10.2. The summed E-state index contributed by atoms with van der Waals surface area (Å²) in [6.45, 7) is 0.163. The van der Waals surface area contributed by atoms with Crippen LogP contribution in [0.5, 0.6) is 5.75 Å². The van der Waals surface area contributed by atoms with Crippen molar-refractivity contribution in [2.24, 2.45) is 0 Å². The molecule has 0 aromatic heterocycles. The van der Waals surface area contributed by atoms with Gasteiger partial charge in [-0.15, -0.1) is 0 Å². The number of nitrogens with one attached hydrogen (secondary N) is 1. The molecule has 0 aliphatic rings. The van der Waals surface area contributed by atoms with Crippen LogP contribution in [0.4, 0.5) is 20.2 Å². The summed E-state index contributed by atoms with van der Waals surface area (Å²) in [6.07, 6.45) is 0. The summed E-state index contributed by atoms with van der Waals surface area (Å²) in [4.78, 5) is 0. The minimum Gasteiger partial charge on any atom is -0.497 e. The SMILES string of the molecule is COc1cc(N)cc(NCc2cc(F)ccc2F)c1. The number of nitrogen functional groups attached to an aromatic ring is 1. The number of benzene rings is 2. The summed E-state index contributed by atoms with van der Waals surface area (Å²) < 4.78 is 31.5. The van der Waals surface area contributed by atoms with Gasteiger partial charge < -0.3 is 15.8 Å². The van der Waals surface area contributed by atoms with E-state index >= 15 is 0 Å². The molecule has 0 aliphatic heterocycles. The molecule has 0 heterocycles. The molecule has 0 aliphatic carbocycles. The first-order valence-corrected chi connectivity index (χ1v) is 5.71. The van der Waals surface area contributed by atoms with Crippen molar-refractivity contribution in [2.45, 2.75) is 6.54 Å². The molecule has 2 aromatic rings. The molecule has 3 nitrogen and oxygen atoms in total. The Morgan fingerprint density at radius 1 is 1.16 bits per heavy atom. The fourth-order valence-electron chi connectivity index (χ4n) is 1.72. The van der Waals surface area contributed by atoms with E-state index in [9.17, 15) is 8.78 Å². The van der Waals surface area contributed by atoms with Crippen LogP contribution in [0.2, 0.25) is 0 Å². The smallest absolute Gasteiger partial charge is 0.128 e. The highest BCUT2D eigenvalue weighted by molar-refractivity contribution is 5.59. The lowest BCUT2D eigenvalue weighted by molar-refractivity contribution is 0.415. The Balaban J connectivity index is 2.14. The Bertz CT molecular complexity index is 588. The Morgan fingerprint density at radius 2 is 1.95 bits per heavy atom. The summed E-state index contributed by atoms with van der Waals surface area (Å²) in [5.41, 5.74) is 7.17. The third-order valence-corrected chi connectivity index (χ3v) is 2.66. The molecule has 0 fully saturated rings. The lowest BCUT2D eigenvalue weighted by Gasteiger charge is -2.10. The summed E-state index contributed by atoms with van der Waals surface area (Å²) in [6, 6.07) is 8.45. The lowest BCUT2D eigenvalue weighted by Crippen LogP contribution is -2.03. The molecule has 2 rings (SSSR count). The Labute approximate surface area is 110 Å². The summed E-state index contributed by atoms with van der Waals surface area (Å²) in [5, 5.41) is 2.98. The molecule has 0 amide bonds. The second kappa shape index (κ2) is 5.56. The fourth-order valence-corrected chi connectivity index (χ4v) is 1.72. The average molecular weight is 264 g/mol. The van der Waals surface area contributed by atoms with Crippen LogP contribution in [0.1, 0.15) is 5.56 Å². The Kier molecular flexibility index (Phi) is 3.85. The number of methoxy groups -OCH3 is 1. The van der Waals surface area contributed by atoms with Crippen LogP contribution >= 0.6 is 0 Å². The molecule has 2 aromatic carbocycles. The monoisotopic (exact) mass is 264 g/mol. The number of hydrogen-bond acceptors (Lipinski definition) is 3. The average Bonchev–Trinajstić information content (AvgIpc) is 2.39. The first-order valence-electron chi connectivity index (χ1n) is 5.71. The van der Waals surface area contributed by atoms with Gasteiger partial charge in [-0.05, 0) is 24.3 Å². The Morgan fingerprint density at radius 3 is 2.68 bits per heavy atom. The second-order valence-corrected chi connectivity index (χ2v) is 4.08. The molecule has 0 unspecified atom stereocenters. The maximum absolute atomic E-state index is 13.4. The van der Waals surface area contributed by atoms with Crippen molar-refractivity contribution in [1.82, 2.24) is 0 Å². The van der Waals surface area contributed by atoms with Crippen LogP contribution in [0.25, 0.3) is 0 Å². The summed E-state index contributed by atoms with van der Waals surface area (Å²) in [7, 11) is 1.53. The largest absolute Gasteiger partial charge is 0.497 e. The number of rotatable bonds is 4. The van der Waals surface area contributed by atoms with E-state index in [-0.39, 0.29) is 12.1 Å². The van der Waals surface area contributed by atoms with E-state index in [0.29, 0.717) is 17.1 Å². The highest BCUT2D eigenvalue weighted by Crippen LogP contribution is 2.23. The van der Waals surface area contributed by atoms with E-state index < -0.39 is 11.6 Å². The molecule has 5 heteroatoms. The van der Waals surface area contributed by atoms with Crippen molar-refractivity contribution in [2.75, 3.05) is 18.2 Å². The van der Waals surface area contributed by atoms with Crippen LogP contribution in [0, 0.1) is 11.6 Å². The highest BCUT2D eigenvalue weighted by atomic mass is 19.1. The summed E-state index contributed by atoms with van der Waals surface area (Å²) >= 11 is 0. The van der Waals surface area contributed by atoms with Gasteiger partial charge in [0.05, 0.1) is 7.11 Å². The quantitative estimate of drug-likeness (QED) is 0.834. The summed E-state index contributed by atoms with van der Waals surface area (Å²) in [5.74, 6) is -0.324. The van der Waals surface area contributed by atoms with E-state index in [2.05, 4.69) is 5.32 Å². The predicted molar refractivity (Wildman–Crippen MR) is 71.1 cm³/mol. The first-order chi connectivity index (χ1) is 9.08. The molecule has 0 atom stereocenters. The minimum absolute atomic E-state index is 0.163. The number of halogens is 2. The van der Waals surface area contributed by atoms with E-state index in [4.69, 9.17) is 10.5 Å². The Hall–Kier alpha value is -2.30. The van der Waals surface area contributed by atoms with Crippen LogP contribution in [0.15, 0.2) is 36.4 Å². The van der Waals surface area contributed by atoms with Crippen LogP contribution < -0.4 is 15.8 Å². The van der Waals surface area contributed by atoms with Gasteiger partial charge in [-0.3, -0.25) is 0 Å². The van der Waals surface area contributed by atoms with Crippen molar-refractivity contribution in [3.05, 3.63) is 53.6 Å². The highest BCUT2D eigenvalue weighted by Gasteiger charge is 2.05. The zero-order chi connectivity index (χ0) is 13.8. The number of anilines is 2. The molecule has 0 bridgehead atoms. The van der Waals surface area contributed by atoms with Crippen LogP contribution in [-0.4, -0.2) is 7.11 Å². The van der Waals surface area contributed by atoms with Crippen molar-refractivity contribution in [3.8, 4) is 5.75 Å². The maximum atomic E-state index is 13.4. The van der Waals surface area contributed by atoms with Crippen LogP contribution in [0.3, 0.4) is 0 Å². The topological polar surface area (TPSA) is 47.3 Å². The fraction of sp³-hybridized carbons (Fsp3) is 0.143. The molecule has 19 heavy (non-hydrogen) atoms. The van der Waals surface area contributed by atoms with Gasteiger partial charge in [-0.1, -0.05) is 0 Å². The van der Waals surface area contributed by atoms with Crippen molar-refractivity contribution in [1.29, 1.82) is 0 Å². The van der Waals surface area contributed by atoms with Crippen molar-refractivity contribution >= 4 is 11.4 Å². The third kappa shape index (κ3) is 3.34. The van der Waals surface area contributed by atoms with E-state index in [1.165, 1.54) is 7.11 Å². The standard InChI is InChI=1S/C14H14F2N2O/c1-19-13-6-11(17)5-12(7-13)18-8-9-4-10(15)2-3-14(9)16/h2-7,18H,8,17H2,1H3. The third-order valence-electron chi connectivity index (χ3n) is 2.66. The van der Waals surface area contributed by atoms with Gasteiger partial charge in [0.25, 0.3) is 0 Å². The van der Waals surface area contributed by atoms with Crippen LogP contribution in [-0.2, 0) is 6.54 Å². The van der Waals surface area contributed by atoms with Gasteiger partial charge in [0.15, 0.2) is 0 Å². The molecule has 0 saturated carbocycles. The molecular formula is C14H14F2N2O. The van der Waals surface area contributed by atoms with Gasteiger partial charge in [0.1, 0.15) is 17.4 Å². The van der Waals surface area contributed by atoms with Crippen molar-refractivity contribution in [3.63, 3.8) is 0 Å². The molecule has 0 spiro atoms. The minimum atomic E-state index is -0.469. The zero-order valence-electron chi connectivity index (χ0n) is 10.4.